The van der Waals surface area contributed by atoms with Crippen LogP contribution in [0.2, 0.25) is 19.6 Å². The minimum atomic E-state index is -1.42. The number of hydrogen-bond acceptors (Lipinski definition) is 2. The topological polar surface area (TPSA) is 35.6 Å². The summed E-state index contributed by atoms with van der Waals surface area (Å²) in [4.78, 5) is 10.1. The molecular formula is C55H42N4Si. The first-order chi connectivity index (χ1) is 29.4. The molecule has 0 N–H and O–H groups in total. The summed E-state index contributed by atoms with van der Waals surface area (Å²) in [6, 6.07) is 72.1. The SMILES string of the molecule is C[Si](C)(C)c1ccc(-n2c3ccccc3c3c(-c4ccc5c(c4)c4ccccc4n5-c4ccc(-c5cc(-c6ccccc6)nc(-c6ccccc6)n5)cc4)cccc32)cc1. The van der Waals surface area contributed by atoms with Gasteiger partial charge < -0.3 is 9.13 Å². The molecule has 0 unspecified atom stereocenters. The van der Waals surface area contributed by atoms with Gasteiger partial charge >= 0.3 is 0 Å². The lowest BCUT2D eigenvalue weighted by Crippen LogP contribution is -2.37. The average Bonchev–Trinajstić information content (AvgIpc) is 3.82. The van der Waals surface area contributed by atoms with Gasteiger partial charge in [-0.1, -0.05) is 164 Å². The number of nitrogens with zero attached hydrogens (tertiary/aromatic N) is 4. The summed E-state index contributed by atoms with van der Waals surface area (Å²) in [6.07, 6.45) is 0. The molecule has 0 saturated carbocycles. The van der Waals surface area contributed by atoms with Crippen molar-refractivity contribution >= 4 is 56.9 Å². The zero-order chi connectivity index (χ0) is 40.4. The van der Waals surface area contributed by atoms with Crippen LogP contribution in [-0.2, 0) is 0 Å². The highest BCUT2D eigenvalue weighted by Crippen LogP contribution is 2.41. The van der Waals surface area contributed by atoms with Crippen molar-refractivity contribution in [2.24, 2.45) is 0 Å². The van der Waals surface area contributed by atoms with Crippen molar-refractivity contribution in [3.05, 3.63) is 200 Å². The molecule has 3 heterocycles. The van der Waals surface area contributed by atoms with Gasteiger partial charge in [-0.05, 0) is 71.8 Å². The highest BCUT2D eigenvalue weighted by molar-refractivity contribution is 6.88. The van der Waals surface area contributed by atoms with E-state index < -0.39 is 8.07 Å². The fourth-order valence-corrected chi connectivity index (χ4v) is 10.1. The van der Waals surface area contributed by atoms with Gasteiger partial charge in [-0.3, -0.25) is 0 Å². The van der Waals surface area contributed by atoms with Gasteiger partial charge in [-0.15, -0.1) is 0 Å². The molecule has 0 aliphatic carbocycles. The summed E-state index contributed by atoms with van der Waals surface area (Å²) in [5.74, 6) is 0.714. The molecule has 8 aromatic carbocycles. The van der Waals surface area contributed by atoms with Crippen molar-refractivity contribution in [2.45, 2.75) is 19.6 Å². The van der Waals surface area contributed by atoms with Crippen molar-refractivity contribution < 1.29 is 0 Å². The maximum absolute atomic E-state index is 5.08. The Labute approximate surface area is 350 Å². The van der Waals surface area contributed by atoms with E-state index in [1.807, 2.05) is 24.3 Å². The molecular weight excluding hydrogens is 745 g/mol. The van der Waals surface area contributed by atoms with Crippen molar-refractivity contribution in [3.8, 4) is 56.4 Å². The van der Waals surface area contributed by atoms with Crippen LogP contribution in [0.5, 0.6) is 0 Å². The third kappa shape index (κ3) is 6.05. The minimum absolute atomic E-state index is 0.714. The first-order valence-corrected chi connectivity index (χ1v) is 24.2. The molecule has 5 heteroatoms. The number of rotatable bonds is 7. The first kappa shape index (κ1) is 35.8. The summed E-state index contributed by atoms with van der Waals surface area (Å²) < 4.78 is 4.82. The van der Waals surface area contributed by atoms with E-state index in [1.165, 1.54) is 65.6 Å². The predicted octanol–water partition coefficient (Wildman–Crippen LogP) is 13.9. The van der Waals surface area contributed by atoms with Gasteiger partial charge in [0.05, 0.1) is 41.5 Å². The van der Waals surface area contributed by atoms with Gasteiger partial charge in [0.15, 0.2) is 5.82 Å². The van der Waals surface area contributed by atoms with Crippen LogP contribution in [0.4, 0.5) is 0 Å². The normalized spacial score (nSPS) is 11.9. The highest BCUT2D eigenvalue weighted by Gasteiger charge is 2.20. The molecule has 0 amide bonds. The standard InChI is InChI=1S/C55H42N4Si/c1-60(2,3)43-32-30-42(31-33-43)59-51-23-13-11-20-46(51)54-44(21-14-24-53(54)59)40-27-34-52-47(35-40)45-19-10-12-22-50(45)58(52)41-28-25-38(26-29-41)49-36-48(37-15-6-4-7-16-37)56-55(57-49)39-17-8-5-9-18-39/h4-36H,1-3H3. The first-order valence-electron chi connectivity index (χ1n) is 20.7. The van der Waals surface area contributed by atoms with E-state index in [-0.39, 0.29) is 0 Å². The lowest BCUT2D eigenvalue weighted by molar-refractivity contribution is 1.17. The molecule has 0 atom stereocenters. The fourth-order valence-electron chi connectivity index (χ4n) is 8.92. The number of fused-ring (bicyclic) bond motifs is 6. The Morgan fingerprint density at radius 1 is 0.367 bits per heavy atom. The highest BCUT2D eigenvalue weighted by atomic mass is 28.3. The Morgan fingerprint density at radius 3 is 1.53 bits per heavy atom. The molecule has 0 saturated heterocycles. The molecule has 286 valence electrons. The van der Waals surface area contributed by atoms with Gasteiger partial charge in [0.1, 0.15) is 0 Å². The van der Waals surface area contributed by atoms with E-state index in [4.69, 9.17) is 9.97 Å². The number of hydrogen-bond donors (Lipinski definition) is 0. The van der Waals surface area contributed by atoms with Gasteiger partial charge in [-0.2, -0.15) is 0 Å². The van der Waals surface area contributed by atoms with Crippen LogP contribution in [-0.4, -0.2) is 27.2 Å². The zero-order valence-corrected chi connectivity index (χ0v) is 34.8. The third-order valence-electron chi connectivity index (χ3n) is 11.9. The van der Waals surface area contributed by atoms with Crippen LogP contribution in [0.3, 0.4) is 0 Å². The van der Waals surface area contributed by atoms with E-state index in [0.29, 0.717) is 5.82 Å². The summed E-state index contributed by atoms with van der Waals surface area (Å²) >= 11 is 0. The van der Waals surface area contributed by atoms with E-state index in [0.717, 1.165) is 33.8 Å². The molecule has 11 rings (SSSR count). The molecule has 0 aliphatic rings. The summed E-state index contributed by atoms with van der Waals surface area (Å²) in [6.45, 7) is 7.22. The second-order valence-electron chi connectivity index (χ2n) is 16.7. The lowest BCUT2D eigenvalue weighted by Gasteiger charge is -2.17. The Balaban J connectivity index is 1.02. The van der Waals surface area contributed by atoms with Gasteiger partial charge in [0.25, 0.3) is 0 Å². The van der Waals surface area contributed by atoms with Gasteiger partial charge in [0, 0.05) is 49.6 Å². The summed E-state index contributed by atoms with van der Waals surface area (Å²) in [5.41, 5.74) is 14.4. The lowest BCUT2D eigenvalue weighted by atomic mass is 9.98. The van der Waals surface area contributed by atoms with E-state index in [9.17, 15) is 0 Å². The van der Waals surface area contributed by atoms with Crippen LogP contribution < -0.4 is 5.19 Å². The van der Waals surface area contributed by atoms with Crippen molar-refractivity contribution in [1.29, 1.82) is 0 Å². The van der Waals surface area contributed by atoms with Crippen LogP contribution in [0, 0.1) is 0 Å². The van der Waals surface area contributed by atoms with Crippen molar-refractivity contribution in [1.82, 2.24) is 19.1 Å². The van der Waals surface area contributed by atoms with E-state index >= 15 is 0 Å². The Bertz CT molecular complexity index is 3320. The smallest absolute Gasteiger partial charge is 0.160 e. The molecule has 0 radical (unpaired) electrons. The number of aromatic nitrogens is 4. The summed E-state index contributed by atoms with van der Waals surface area (Å²) in [7, 11) is -1.42. The van der Waals surface area contributed by atoms with Gasteiger partial charge in [-0.25, -0.2) is 9.97 Å². The Morgan fingerprint density at radius 2 is 0.867 bits per heavy atom. The minimum Gasteiger partial charge on any atom is -0.309 e. The molecule has 0 bridgehead atoms. The Kier molecular flexibility index (Phi) is 8.46. The zero-order valence-electron chi connectivity index (χ0n) is 33.8. The van der Waals surface area contributed by atoms with E-state index in [2.05, 4.69) is 205 Å². The van der Waals surface area contributed by atoms with Crippen molar-refractivity contribution in [2.75, 3.05) is 0 Å². The van der Waals surface area contributed by atoms with Crippen LogP contribution in [0.25, 0.3) is 100 Å². The molecule has 60 heavy (non-hydrogen) atoms. The maximum atomic E-state index is 5.08. The molecule has 11 aromatic rings. The van der Waals surface area contributed by atoms with Crippen LogP contribution >= 0.6 is 0 Å². The van der Waals surface area contributed by atoms with Crippen molar-refractivity contribution in [3.63, 3.8) is 0 Å². The molecule has 4 nitrogen and oxygen atoms in total. The van der Waals surface area contributed by atoms with Gasteiger partial charge in [0.2, 0.25) is 0 Å². The van der Waals surface area contributed by atoms with Crippen LogP contribution in [0.15, 0.2) is 200 Å². The third-order valence-corrected chi connectivity index (χ3v) is 14.0. The van der Waals surface area contributed by atoms with Crippen LogP contribution in [0.1, 0.15) is 0 Å². The molecule has 0 fully saturated rings. The second-order valence-corrected chi connectivity index (χ2v) is 21.8. The molecule has 0 spiro atoms. The molecule has 0 aliphatic heterocycles. The largest absolute Gasteiger partial charge is 0.309 e. The monoisotopic (exact) mass is 786 g/mol. The summed E-state index contributed by atoms with van der Waals surface area (Å²) in [5, 5.41) is 6.46. The number of benzene rings is 8. The van der Waals surface area contributed by atoms with E-state index in [1.54, 1.807) is 0 Å². The maximum Gasteiger partial charge on any atom is 0.160 e. The Hall–Kier alpha value is -7.34. The second kappa shape index (κ2) is 14.2. The quantitative estimate of drug-likeness (QED) is 0.151. The predicted molar refractivity (Wildman–Crippen MR) is 255 cm³/mol. The average molecular weight is 787 g/mol. The number of para-hydroxylation sites is 2. The molecule has 3 aromatic heterocycles. The fraction of sp³-hybridized carbons (Fsp3) is 0.0545.